The van der Waals surface area contributed by atoms with Gasteiger partial charge >= 0.3 is 0 Å². The number of hydrogen-bond donors (Lipinski definition) is 1. The summed E-state index contributed by atoms with van der Waals surface area (Å²) < 4.78 is 22.1. The highest BCUT2D eigenvalue weighted by Crippen LogP contribution is 2.22. The van der Waals surface area contributed by atoms with Gasteiger partial charge in [0.05, 0.1) is 6.61 Å². The van der Waals surface area contributed by atoms with Crippen LogP contribution in [0.4, 0.5) is 0 Å². The summed E-state index contributed by atoms with van der Waals surface area (Å²) in [5.74, 6) is 0. The minimum absolute atomic E-state index is 0.329. The predicted octanol–water partition coefficient (Wildman–Crippen LogP) is 1.72. The molecule has 0 aromatic rings. The molecule has 0 aliphatic carbocycles. The lowest BCUT2D eigenvalue weighted by Gasteiger charge is -2.39. The second-order valence-electron chi connectivity index (χ2n) is 4.88. The van der Waals surface area contributed by atoms with Crippen LogP contribution in [0.3, 0.4) is 0 Å². The number of aliphatic hydroxyl groups is 1. The fourth-order valence-corrected chi connectivity index (χ4v) is 2.02. The zero-order valence-corrected chi connectivity index (χ0v) is 12.3. The average molecular weight is 276 g/mol. The Morgan fingerprint density at radius 3 is 2.32 bits per heavy atom. The zero-order valence-electron chi connectivity index (χ0n) is 12.3. The summed E-state index contributed by atoms with van der Waals surface area (Å²) in [5, 5.41) is 10.3. The maximum atomic E-state index is 10.3. The molecule has 1 aliphatic rings. The SMILES string of the molecule is CCCCOC1C(O)[C@H](OCCCC)CO[C@H]1OC. The molecule has 1 saturated heterocycles. The van der Waals surface area contributed by atoms with Gasteiger partial charge in [0, 0.05) is 20.3 Å². The van der Waals surface area contributed by atoms with Crippen molar-refractivity contribution in [3.05, 3.63) is 0 Å². The standard InChI is InChI=1S/C14H28O5/c1-4-6-8-17-11-10-19-14(16-3)13(12(11)15)18-9-7-5-2/h11-15H,4-10H2,1-3H3/t11-,12?,13?,14-/m1/s1. The van der Waals surface area contributed by atoms with Crippen molar-refractivity contribution in [2.45, 2.75) is 64.1 Å². The lowest BCUT2D eigenvalue weighted by Crippen LogP contribution is -2.55. The molecule has 1 fully saturated rings. The summed E-state index contributed by atoms with van der Waals surface area (Å²) >= 11 is 0. The molecule has 5 heteroatoms. The van der Waals surface area contributed by atoms with Gasteiger partial charge in [-0.25, -0.2) is 0 Å². The molecular weight excluding hydrogens is 248 g/mol. The van der Waals surface area contributed by atoms with E-state index in [1.165, 1.54) is 0 Å². The van der Waals surface area contributed by atoms with Crippen LogP contribution < -0.4 is 0 Å². The van der Waals surface area contributed by atoms with Crippen LogP contribution in [0, 0.1) is 0 Å². The van der Waals surface area contributed by atoms with Crippen molar-refractivity contribution >= 4 is 0 Å². The Morgan fingerprint density at radius 1 is 1.11 bits per heavy atom. The molecule has 0 bridgehead atoms. The van der Waals surface area contributed by atoms with Gasteiger partial charge in [0.1, 0.15) is 18.3 Å². The summed E-state index contributed by atoms with van der Waals surface area (Å²) in [6.45, 7) is 5.79. The van der Waals surface area contributed by atoms with E-state index in [1.807, 2.05) is 0 Å². The number of hydrogen-bond acceptors (Lipinski definition) is 5. The Kier molecular flexibility index (Phi) is 8.57. The molecular formula is C14H28O5. The Bertz CT molecular complexity index is 222. The van der Waals surface area contributed by atoms with Crippen molar-refractivity contribution < 1.29 is 24.1 Å². The highest BCUT2D eigenvalue weighted by molar-refractivity contribution is 4.85. The first kappa shape index (κ1) is 16.9. The van der Waals surface area contributed by atoms with E-state index in [2.05, 4.69) is 13.8 Å². The summed E-state index contributed by atoms with van der Waals surface area (Å²) in [7, 11) is 1.56. The van der Waals surface area contributed by atoms with E-state index in [-0.39, 0.29) is 6.10 Å². The van der Waals surface area contributed by atoms with Gasteiger partial charge in [0.2, 0.25) is 0 Å². The van der Waals surface area contributed by atoms with Gasteiger partial charge in [-0.3, -0.25) is 0 Å². The van der Waals surface area contributed by atoms with Crippen LogP contribution in [0.15, 0.2) is 0 Å². The molecule has 19 heavy (non-hydrogen) atoms. The van der Waals surface area contributed by atoms with Crippen LogP contribution in [0.5, 0.6) is 0 Å². The topological polar surface area (TPSA) is 57.2 Å². The van der Waals surface area contributed by atoms with E-state index in [1.54, 1.807) is 7.11 Å². The Balaban J connectivity index is 2.46. The third-order valence-electron chi connectivity index (χ3n) is 3.28. The monoisotopic (exact) mass is 276 g/mol. The maximum absolute atomic E-state index is 10.3. The number of methoxy groups -OCH3 is 1. The molecule has 114 valence electrons. The molecule has 0 aromatic heterocycles. The van der Waals surface area contributed by atoms with Crippen LogP contribution in [0.2, 0.25) is 0 Å². The molecule has 4 atom stereocenters. The van der Waals surface area contributed by atoms with Gasteiger partial charge in [-0.2, -0.15) is 0 Å². The first-order chi connectivity index (χ1) is 9.24. The maximum Gasteiger partial charge on any atom is 0.186 e. The average Bonchev–Trinajstić information content (AvgIpc) is 2.42. The molecule has 1 N–H and O–H groups in total. The molecule has 5 nitrogen and oxygen atoms in total. The third kappa shape index (κ3) is 5.36. The Labute approximate surface area is 116 Å². The normalized spacial score (nSPS) is 31.6. The number of unbranched alkanes of at least 4 members (excludes halogenated alkanes) is 2. The quantitative estimate of drug-likeness (QED) is 0.650. The van der Waals surface area contributed by atoms with E-state index in [9.17, 15) is 5.11 Å². The van der Waals surface area contributed by atoms with Crippen molar-refractivity contribution in [3.63, 3.8) is 0 Å². The predicted molar refractivity (Wildman–Crippen MR) is 72.1 cm³/mol. The van der Waals surface area contributed by atoms with Crippen LogP contribution in [-0.2, 0) is 18.9 Å². The van der Waals surface area contributed by atoms with Crippen molar-refractivity contribution in [2.24, 2.45) is 0 Å². The third-order valence-corrected chi connectivity index (χ3v) is 3.28. The smallest absolute Gasteiger partial charge is 0.186 e. The van der Waals surface area contributed by atoms with Gasteiger partial charge in [-0.1, -0.05) is 26.7 Å². The van der Waals surface area contributed by atoms with E-state index >= 15 is 0 Å². The van der Waals surface area contributed by atoms with E-state index in [0.717, 1.165) is 25.7 Å². The van der Waals surface area contributed by atoms with Crippen molar-refractivity contribution in [1.82, 2.24) is 0 Å². The Hall–Kier alpha value is -0.200. The van der Waals surface area contributed by atoms with Crippen molar-refractivity contribution in [3.8, 4) is 0 Å². The lowest BCUT2D eigenvalue weighted by atomic mass is 10.0. The first-order valence-electron chi connectivity index (χ1n) is 7.30. The summed E-state index contributed by atoms with van der Waals surface area (Å²) in [6, 6.07) is 0. The molecule has 0 aromatic carbocycles. The highest BCUT2D eigenvalue weighted by Gasteiger charge is 2.41. The van der Waals surface area contributed by atoms with Crippen LogP contribution in [-0.4, -0.2) is 56.6 Å². The van der Waals surface area contributed by atoms with Gasteiger partial charge in [-0.15, -0.1) is 0 Å². The molecule has 0 spiro atoms. The number of rotatable bonds is 9. The fourth-order valence-electron chi connectivity index (χ4n) is 2.02. The van der Waals surface area contributed by atoms with Crippen LogP contribution in [0.25, 0.3) is 0 Å². The summed E-state index contributed by atoms with van der Waals surface area (Å²) in [5.41, 5.74) is 0. The van der Waals surface area contributed by atoms with Crippen LogP contribution >= 0.6 is 0 Å². The summed E-state index contributed by atoms with van der Waals surface area (Å²) in [6.07, 6.45) is 2.05. The lowest BCUT2D eigenvalue weighted by molar-refractivity contribution is -0.280. The van der Waals surface area contributed by atoms with E-state index in [0.29, 0.717) is 19.8 Å². The van der Waals surface area contributed by atoms with Crippen LogP contribution in [0.1, 0.15) is 39.5 Å². The first-order valence-corrected chi connectivity index (χ1v) is 7.30. The molecule has 1 rings (SSSR count). The number of ether oxygens (including phenoxy) is 4. The largest absolute Gasteiger partial charge is 0.387 e. The minimum Gasteiger partial charge on any atom is -0.387 e. The van der Waals surface area contributed by atoms with Gasteiger partial charge < -0.3 is 24.1 Å². The highest BCUT2D eigenvalue weighted by atomic mass is 16.7. The second kappa shape index (κ2) is 9.66. The molecule has 0 amide bonds. The molecule has 1 aliphatic heterocycles. The van der Waals surface area contributed by atoms with Gasteiger partial charge in [0.15, 0.2) is 6.29 Å². The van der Waals surface area contributed by atoms with E-state index < -0.39 is 18.5 Å². The Morgan fingerprint density at radius 2 is 1.74 bits per heavy atom. The zero-order chi connectivity index (χ0) is 14.1. The van der Waals surface area contributed by atoms with Gasteiger partial charge in [0.25, 0.3) is 0 Å². The molecule has 1 heterocycles. The van der Waals surface area contributed by atoms with Gasteiger partial charge in [-0.05, 0) is 12.8 Å². The summed E-state index contributed by atoms with van der Waals surface area (Å²) in [4.78, 5) is 0. The molecule has 0 saturated carbocycles. The van der Waals surface area contributed by atoms with E-state index in [4.69, 9.17) is 18.9 Å². The molecule has 0 radical (unpaired) electrons. The van der Waals surface area contributed by atoms with Crippen molar-refractivity contribution in [1.29, 1.82) is 0 Å². The van der Waals surface area contributed by atoms with Crippen molar-refractivity contribution in [2.75, 3.05) is 26.9 Å². The second-order valence-corrected chi connectivity index (χ2v) is 4.88. The fraction of sp³-hybridized carbons (Fsp3) is 1.00. The molecule has 2 unspecified atom stereocenters. The minimum atomic E-state index is -0.701. The number of aliphatic hydroxyl groups excluding tert-OH is 1.